The van der Waals surface area contributed by atoms with Crippen LogP contribution in [0.3, 0.4) is 0 Å². The average Bonchev–Trinajstić information content (AvgIpc) is 2.80. The molecular weight excluding hydrogens is 436 g/mol. The van der Waals surface area contributed by atoms with Gasteiger partial charge in [0.1, 0.15) is 30.5 Å². The molecule has 2 rings (SSSR count). The molecule has 1 heterocycles. The molecule has 2 aliphatic rings. The molecule has 1 saturated carbocycles. The topological polar surface area (TPSA) is 251 Å². The largest absolute Gasteiger partial charge is 0.396 e. The molecule has 13 nitrogen and oxygen atoms in total. The van der Waals surface area contributed by atoms with E-state index in [-0.39, 0.29) is 32.2 Å². The summed E-state index contributed by atoms with van der Waals surface area (Å²) >= 11 is 0. The number of nitrogens with two attached hydrogens (primary N) is 5. The lowest BCUT2D eigenvalue weighted by molar-refractivity contribution is -0.291. The van der Waals surface area contributed by atoms with Gasteiger partial charge in [0.15, 0.2) is 6.29 Å². The first kappa shape index (κ1) is 28.7. The van der Waals surface area contributed by atoms with E-state index in [1.807, 2.05) is 0 Å². The molecule has 0 aromatic heterocycles. The van der Waals surface area contributed by atoms with Crippen LogP contribution in [0.5, 0.6) is 0 Å². The molecule has 1 aliphatic carbocycles. The maximum atomic E-state index is 10.7. The second kappa shape index (κ2) is 14.1. The fourth-order valence-corrected chi connectivity index (χ4v) is 4.32. The number of aliphatic hydroxyl groups is 4. The molecule has 0 bridgehead atoms. The Morgan fingerprint density at radius 1 is 0.970 bits per heavy atom. The van der Waals surface area contributed by atoms with E-state index in [0.717, 1.165) is 19.3 Å². The zero-order valence-electron chi connectivity index (χ0n) is 19.1. The quantitative estimate of drug-likeness (QED) is 0.0878. The van der Waals surface area contributed by atoms with Gasteiger partial charge in [-0.25, -0.2) is 0 Å². The van der Waals surface area contributed by atoms with Crippen LogP contribution in [0.2, 0.25) is 0 Å². The van der Waals surface area contributed by atoms with E-state index in [0.29, 0.717) is 13.1 Å². The Bertz CT molecular complexity index is 551. The minimum absolute atomic E-state index is 0.0402. The van der Waals surface area contributed by atoms with Crippen LogP contribution in [-0.4, -0.2) is 114 Å². The number of ether oxygens (including phenoxy) is 3. The first-order valence-corrected chi connectivity index (χ1v) is 11.7. The third-order valence-corrected chi connectivity index (χ3v) is 6.47. The maximum absolute atomic E-state index is 10.7. The number of hydrogen-bond acceptors (Lipinski definition) is 13. The molecule has 33 heavy (non-hydrogen) atoms. The molecule has 0 aromatic rings. The Labute approximate surface area is 194 Å². The first-order valence-electron chi connectivity index (χ1n) is 11.7. The van der Waals surface area contributed by atoms with Crippen LogP contribution >= 0.6 is 0 Å². The van der Waals surface area contributed by atoms with Crippen LogP contribution in [0, 0.1) is 5.92 Å². The number of aliphatic hydroxyl groups excluding tert-OH is 4. The molecule has 196 valence electrons. The van der Waals surface area contributed by atoms with Gasteiger partial charge in [-0.15, -0.1) is 0 Å². The van der Waals surface area contributed by atoms with Crippen molar-refractivity contribution >= 4 is 0 Å². The fraction of sp³-hybridized carbons (Fsp3) is 1.00. The molecule has 1 aliphatic heterocycles. The number of rotatable bonds is 13. The second-order valence-corrected chi connectivity index (χ2v) is 9.05. The molecule has 0 amide bonds. The second-order valence-electron chi connectivity index (χ2n) is 9.05. The van der Waals surface area contributed by atoms with Crippen LogP contribution < -0.4 is 34.0 Å². The molecule has 11 atom stereocenters. The normalized spacial score (nSPS) is 40.6. The lowest BCUT2D eigenvalue weighted by Crippen LogP contribution is -2.68. The number of unbranched alkanes of at least 4 members (excludes halogenated alkanes) is 1. The summed E-state index contributed by atoms with van der Waals surface area (Å²) in [5.74, 6) is 0.0581. The summed E-state index contributed by atoms with van der Waals surface area (Å²) in [6.07, 6.45) is -4.38. The van der Waals surface area contributed by atoms with Gasteiger partial charge in [0.2, 0.25) is 0 Å². The predicted molar refractivity (Wildman–Crippen MR) is 120 cm³/mol. The number of nitrogens with one attached hydrogen (secondary N) is 1. The first-order chi connectivity index (χ1) is 15.7. The molecule has 13 heteroatoms. The van der Waals surface area contributed by atoms with E-state index in [4.69, 9.17) is 42.9 Å². The van der Waals surface area contributed by atoms with Crippen molar-refractivity contribution in [3.05, 3.63) is 0 Å². The molecule has 0 spiro atoms. The van der Waals surface area contributed by atoms with Crippen LogP contribution in [0.1, 0.15) is 25.7 Å². The van der Waals surface area contributed by atoms with Crippen molar-refractivity contribution in [1.82, 2.24) is 5.32 Å². The van der Waals surface area contributed by atoms with Crippen LogP contribution in [0.25, 0.3) is 0 Å². The molecule has 0 radical (unpaired) electrons. The summed E-state index contributed by atoms with van der Waals surface area (Å²) in [6.45, 7) is 1.20. The molecule has 2 fully saturated rings. The van der Waals surface area contributed by atoms with Crippen molar-refractivity contribution in [2.75, 3.05) is 33.0 Å². The lowest BCUT2D eigenvalue weighted by atomic mass is 9.84. The molecule has 15 N–H and O–H groups in total. The molecular formula is C20H44N6O7. The van der Waals surface area contributed by atoms with E-state index in [1.165, 1.54) is 0 Å². The summed E-state index contributed by atoms with van der Waals surface area (Å²) in [5.41, 5.74) is 29.4. The van der Waals surface area contributed by atoms with Crippen molar-refractivity contribution in [1.29, 1.82) is 0 Å². The summed E-state index contributed by atoms with van der Waals surface area (Å²) < 4.78 is 17.5. The minimum Gasteiger partial charge on any atom is -0.396 e. The van der Waals surface area contributed by atoms with E-state index in [2.05, 4.69) is 5.32 Å². The number of hydrogen-bond donors (Lipinski definition) is 10. The highest BCUT2D eigenvalue weighted by Crippen LogP contribution is 2.28. The van der Waals surface area contributed by atoms with Crippen molar-refractivity contribution in [3.63, 3.8) is 0 Å². The highest BCUT2D eigenvalue weighted by atomic mass is 16.7. The van der Waals surface area contributed by atoms with Crippen molar-refractivity contribution in [2.45, 2.75) is 86.7 Å². The van der Waals surface area contributed by atoms with Crippen molar-refractivity contribution in [3.8, 4) is 0 Å². The highest BCUT2D eigenvalue weighted by molar-refractivity contribution is 5.00. The predicted octanol–water partition coefficient (Wildman–Crippen LogP) is -4.81. The van der Waals surface area contributed by atoms with Gasteiger partial charge in [-0.1, -0.05) is 6.42 Å². The van der Waals surface area contributed by atoms with Gasteiger partial charge in [0.25, 0.3) is 0 Å². The zero-order valence-corrected chi connectivity index (χ0v) is 19.1. The van der Waals surface area contributed by atoms with Gasteiger partial charge in [-0.2, -0.15) is 0 Å². The summed E-state index contributed by atoms with van der Waals surface area (Å²) in [6, 6.07) is -2.26. The SMILES string of the molecule is NCCCC[C@@H](CO)CNCO[C@@H]1[C@@H](O)[C@H](N)C[C@H](N)[C@H]1O[C@H]1O[C@H](CN)[C@@H](O)[C@H](O)[C@H]1N. The average molecular weight is 481 g/mol. The van der Waals surface area contributed by atoms with Crippen molar-refractivity contribution < 1.29 is 34.6 Å². The lowest BCUT2D eigenvalue weighted by Gasteiger charge is -2.46. The van der Waals surface area contributed by atoms with Gasteiger partial charge in [0.05, 0.1) is 18.9 Å². The fourth-order valence-electron chi connectivity index (χ4n) is 4.32. The Kier molecular flexibility index (Phi) is 12.3. The van der Waals surface area contributed by atoms with Crippen molar-refractivity contribution in [2.24, 2.45) is 34.6 Å². The van der Waals surface area contributed by atoms with E-state index in [9.17, 15) is 20.4 Å². The minimum atomic E-state index is -1.31. The maximum Gasteiger partial charge on any atom is 0.176 e. The Hall–Kier alpha value is -0.520. The third kappa shape index (κ3) is 7.73. The third-order valence-electron chi connectivity index (χ3n) is 6.47. The summed E-state index contributed by atoms with van der Waals surface area (Å²) in [5, 5.41) is 43.6. The van der Waals surface area contributed by atoms with Gasteiger partial charge in [-0.05, 0) is 31.7 Å². The Morgan fingerprint density at radius 3 is 2.33 bits per heavy atom. The summed E-state index contributed by atoms with van der Waals surface area (Å²) in [4.78, 5) is 0. The van der Waals surface area contributed by atoms with Crippen LogP contribution in [0.4, 0.5) is 0 Å². The Morgan fingerprint density at radius 2 is 1.70 bits per heavy atom. The van der Waals surface area contributed by atoms with E-state index >= 15 is 0 Å². The van der Waals surface area contributed by atoms with Gasteiger partial charge < -0.3 is 63.3 Å². The molecule has 1 saturated heterocycles. The monoisotopic (exact) mass is 480 g/mol. The molecule has 0 unspecified atom stereocenters. The Balaban J connectivity index is 1.97. The smallest absolute Gasteiger partial charge is 0.176 e. The summed E-state index contributed by atoms with van der Waals surface area (Å²) in [7, 11) is 0. The van der Waals surface area contributed by atoms with Gasteiger partial charge in [0, 0.05) is 31.8 Å². The van der Waals surface area contributed by atoms with Crippen LogP contribution in [-0.2, 0) is 14.2 Å². The van der Waals surface area contributed by atoms with Crippen LogP contribution in [0.15, 0.2) is 0 Å². The standard InChI is InChI=1S/C20H44N6O7/c21-4-2-1-3-10(8-27)7-26-9-31-19-15(28)11(23)5-12(24)18(19)33-20-14(25)17(30)16(29)13(6-22)32-20/h10-20,26-30H,1-9,21-25H2/t10-,11-,12+,13-,14-,15+,16-,17-,18-,19-,20-/m1/s1. The zero-order chi connectivity index (χ0) is 24.5. The van der Waals surface area contributed by atoms with E-state index in [1.54, 1.807) is 0 Å². The van der Waals surface area contributed by atoms with Gasteiger partial charge in [-0.3, -0.25) is 5.32 Å². The van der Waals surface area contributed by atoms with E-state index < -0.39 is 61.0 Å². The molecule has 0 aromatic carbocycles. The highest BCUT2D eigenvalue weighted by Gasteiger charge is 2.48. The van der Waals surface area contributed by atoms with Gasteiger partial charge >= 0.3 is 0 Å².